The average Bonchev–Trinajstić information content (AvgIpc) is 2.19. The molecule has 0 fully saturated rings. The van der Waals surface area contributed by atoms with E-state index in [1.165, 1.54) is 0 Å². The third-order valence-electron chi connectivity index (χ3n) is 2.07. The van der Waals surface area contributed by atoms with E-state index < -0.39 is 0 Å². The van der Waals surface area contributed by atoms with Gasteiger partial charge in [0, 0.05) is 0 Å². The molecule has 0 bridgehead atoms. The van der Waals surface area contributed by atoms with Crippen molar-refractivity contribution in [3.63, 3.8) is 0 Å². The molecule has 0 aliphatic heterocycles. The number of aryl methyl sites for hydroxylation is 1. The van der Waals surface area contributed by atoms with Gasteiger partial charge in [-0.1, -0.05) is 0 Å². The second-order valence-corrected chi connectivity index (χ2v) is 3.52. The van der Waals surface area contributed by atoms with E-state index in [9.17, 15) is 0 Å². The molecule has 1 nitrogen and oxygen atoms in total. The molecule has 0 aromatic carbocycles. The Balaban J connectivity index is 2.53. The van der Waals surface area contributed by atoms with Crippen molar-refractivity contribution in [1.29, 1.82) is 0 Å². The molecule has 0 N–H and O–H groups in total. The third-order valence-corrected chi connectivity index (χ3v) is 2.36. The zero-order valence-corrected chi connectivity index (χ0v) is 8.62. The predicted molar refractivity (Wildman–Crippen MR) is 60.8 cm³/mol. The number of nitrogens with zero attached hydrogens (tertiary/aromatic N) is 1. The summed E-state index contributed by atoms with van der Waals surface area (Å²) in [7, 11) is 0. The van der Waals surface area contributed by atoms with Crippen LogP contribution < -0.4 is 0 Å². The predicted octanol–water partition coefficient (Wildman–Crippen LogP) is 3.05. The number of hydrogen-bond acceptors (Lipinski definition) is 1. The summed E-state index contributed by atoms with van der Waals surface area (Å²) in [6, 6.07) is 9.97. The van der Waals surface area contributed by atoms with E-state index in [0.717, 1.165) is 16.7 Å². The molecule has 3 heteroatoms. The van der Waals surface area contributed by atoms with Gasteiger partial charge in [-0.15, -0.1) is 0 Å². The summed E-state index contributed by atoms with van der Waals surface area (Å²) in [5.74, 6) is 1.99. The van der Waals surface area contributed by atoms with E-state index in [4.69, 9.17) is 11.6 Å². The number of halogens is 1. The minimum absolute atomic E-state index is 0.566. The maximum atomic E-state index is 6.05. The van der Waals surface area contributed by atoms with Crippen LogP contribution in [0.25, 0.3) is 11.0 Å². The van der Waals surface area contributed by atoms with Crippen molar-refractivity contribution in [3.05, 3.63) is 47.1 Å². The van der Waals surface area contributed by atoms with E-state index in [1.54, 1.807) is 0 Å². The second kappa shape index (κ2) is 3.93. The Morgan fingerprint density at radius 3 is 2.71 bits per heavy atom. The summed E-state index contributed by atoms with van der Waals surface area (Å²) in [6.45, 7) is 3.96. The molecular formula is C11H9BClN. The Morgan fingerprint density at radius 2 is 2.07 bits per heavy atom. The molecule has 0 unspecified atom stereocenters. The van der Waals surface area contributed by atoms with Crippen LogP contribution in [0.4, 0.5) is 0 Å². The number of pyridine rings is 1. The van der Waals surface area contributed by atoms with Crippen LogP contribution in [-0.2, 0) is 0 Å². The normalized spacial score (nSPS) is 9.86. The van der Waals surface area contributed by atoms with Crippen molar-refractivity contribution in [3.8, 4) is 11.0 Å². The molecule has 0 aliphatic carbocycles. The molecule has 0 radical (unpaired) electrons. The van der Waals surface area contributed by atoms with E-state index in [1.807, 2.05) is 50.1 Å². The third kappa shape index (κ3) is 1.85. The average molecular weight is 201 g/mol. The monoisotopic (exact) mass is 201 g/mol. The van der Waals surface area contributed by atoms with Crippen molar-refractivity contribution in [2.45, 2.75) is 6.92 Å². The summed E-state index contributed by atoms with van der Waals surface area (Å²) < 4.78 is 0. The van der Waals surface area contributed by atoms with Gasteiger partial charge in [0.1, 0.15) is 0 Å². The SMILES string of the molecule is Cc1ccc(-c2bcccc2)c(Cl)n1. The Hall–Kier alpha value is -1.15. The standard InChI is InChI=1S/C11H9BClN/c1-8-5-6-9(11(13)14-8)10-4-2-3-7-12-10/h2-7H,1H3. The van der Waals surface area contributed by atoms with Crippen molar-refractivity contribution >= 4 is 18.5 Å². The van der Waals surface area contributed by atoms with Gasteiger partial charge in [0.15, 0.2) is 0 Å². The van der Waals surface area contributed by atoms with E-state index >= 15 is 0 Å². The van der Waals surface area contributed by atoms with Crippen LogP contribution in [0.2, 0.25) is 5.15 Å². The molecule has 2 aromatic rings. The summed E-state index contributed by atoms with van der Waals surface area (Å²) >= 11 is 6.05. The number of aromatic nitrogens is 1. The quantitative estimate of drug-likeness (QED) is 0.646. The molecule has 0 saturated carbocycles. The van der Waals surface area contributed by atoms with Crippen LogP contribution >= 0.6 is 11.6 Å². The summed E-state index contributed by atoms with van der Waals surface area (Å²) in [4.78, 5) is 4.22. The van der Waals surface area contributed by atoms with E-state index in [0.29, 0.717) is 5.15 Å². The first-order valence-corrected chi connectivity index (χ1v) is 4.84. The maximum absolute atomic E-state index is 6.05. The van der Waals surface area contributed by atoms with Gasteiger partial charge in [-0.05, 0) is 0 Å². The van der Waals surface area contributed by atoms with Gasteiger partial charge in [0.25, 0.3) is 0 Å². The van der Waals surface area contributed by atoms with E-state index in [2.05, 4.69) is 4.98 Å². The number of rotatable bonds is 1. The van der Waals surface area contributed by atoms with Crippen molar-refractivity contribution in [2.24, 2.45) is 0 Å². The first-order chi connectivity index (χ1) is 6.77. The zero-order valence-electron chi connectivity index (χ0n) is 7.87. The first kappa shape index (κ1) is 9.41. The van der Waals surface area contributed by atoms with Gasteiger partial charge in [0.05, 0.1) is 0 Å². The molecule has 14 heavy (non-hydrogen) atoms. The Bertz CT molecular complexity index is 442. The van der Waals surface area contributed by atoms with Crippen LogP contribution in [0.15, 0.2) is 36.3 Å². The van der Waals surface area contributed by atoms with Gasteiger partial charge in [-0.25, -0.2) is 0 Å². The van der Waals surface area contributed by atoms with Gasteiger partial charge >= 0.3 is 88.6 Å². The fourth-order valence-electron chi connectivity index (χ4n) is 1.36. The van der Waals surface area contributed by atoms with Crippen molar-refractivity contribution in [1.82, 2.24) is 4.98 Å². The molecule has 0 saturated heterocycles. The fourth-order valence-corrected chi connectivity index (χ4v) is 1.66. The summed E-state index contributed by atoms with van der Waals surface area (Å²) in [5, 5.41) is 0.566. The molecule has 2 rings (SSSR count). The van der Waals surface area contributed by atoms with Gasteiger partial charge in [0.2, 0.25) is 0 Å². The molecule has 0 atom stereocenters. The second-order valence-electron chi connectivity index (χ2n) is 3.16. The van der Waals surface area contributed by atoms with Crippen LogP contribution in [0.5, 0.6) is 0 Å². The van der Waals surface area contributed by atoms with E-state index in [-0.39, 0.29) is 0 Å². The molecular weight excluding hydrogens is 192 g/mol. The Morgan fingerprint density at radius 1 is 1.21 bits per heavy atom. The van der Waals surface area contributed by atoms with Crippen LogP contribution in [0.1, 0.15) is 5.69 Å². The minimum atomic E-state index is 0.566. The topological polar surface area (TPSA) is 12.9 Å². The van der Waals surface area contributed by atoms with Gasteiger partial charge in [-0.3, -0.25) is 0 Å². The molecule has 2 heterocycles. The zero-order chi connectivity index (χ0) is 9.97. The Labute approximate surface area is 89.0 Å². The first-order valence-electron chi connectivity index (χ1n) is 4.46. The van der Waals surface area contributed by atoms with Gasteiger partial charge in [-0.2, -0.15) is 0 Å². The molecule has 68 valence electrons. The Kier molecular flexibility index (Phi) is 2.64. The fraction of sp³-hybridized carbons (Fsp3) is 0.0909. The molecule has 2 aromatic heterocycles. The van der Waals surface area contributed by atoms with Crippen LogP contribution in [0, 0.1) is 6.92 Å². The summed E-state index contributed by atoms with van der Waals surface area (Å²) in [6.07, 6.45) is 0. The van der Waals surface area contributed by atoms with Gasteiger partial charge < -0.3 is 0 Å². The van der Waals surface area contributed by atoms with Crippen LogP contribution in [0.3, 0.4) is 0 Å². The van der Waals surface area contributed by atoms with Crippen LogP contribution in [-0.4, -0.2) is 11.9 Å². The van der Waals surface area contributed by atoms with Crippen molar-refractivity contribution in [2.75, 3.05) is 0 Å². The molecule has 0 amide bonds. The molecule has 0 spiro atoms. The van der Waals surface area contributed by atoms with Crippen molar-refractivity contribution < 1.29 is 0 Å². The number of hydrogen-bond donors (Lipinski definition) is 0. The molecule has 0 aliphatic rings. The summed E-state index contributed by atoms with van der Waals surface area (Å²) in [5.41, 5.74) is 3.03.